The number of anilines is 3. The zero-order chi connectivity index (χ0) is 14.7. The predicted molar refractivity (Wildman–Crippen MR) is 84.5 cm³/mol. The second kappa shape index (κ2) is 5.95. The van der Waals surface area contributed by atoms with Crippen molar-refractivity contribution in [3.8, 4) is 0 Å². The number of nitrogens with zero attached hydrogens (tertiary/aromatic N) is 5. The molecule has 110 valence electrons. The van der Waals surface area contributed by atoms with Gasteiger partial charge in [-0.1, -0.05) is 0 Å². The molecule has 21 heavy (non-hydrogen) atoms. The van der Waals surface area contributed by atoms with E-state index in [1.54, 1.807) is 12.4 Å². The van der Waals surface area contributed by atoms with Crippen LogP contribution in [0.1, 0.15) is 12.0 Å². The molecule has 3 rings (SSSR count). The van der Waals surface area contributed by atoms with Gasteiger partial charge in [-0.2, -0.15) is 0 Å². The number of nitrogens with two attached hydrogens (primary N) is 1. The minimum atomic E-state index is 0.471. The molecule has 0 amide bonds. The van der Waals surface area contributed by atoms with Crippen molar-refractivity contribution in [2.45, 2.75) is 13.3 Å². The Kier molecular flexibility index (Phi) is 3.85. The molecule has 2 N–H and O–H groups in total. The van der Waals surface area contributed by atoms with Crippen molar-refractivity contribution >= 4 is 17.3 Å². The molecule has 1 saturated heterocycles. The number of aromatic nitrogens is 3. The highest BCUT2D eigenvalue weighted by atomic mass is 15.3. The fourth-order valence-electron chi connectivity index (χ4n) is 2.73. The van der Waals surface area contributed by atoms with Gasteiger partial charge in [-0.15, -0.1) is 0 Å². The first-order valence-electron chi connectivity index (χ1n) is 7.22. The van der Waals surface area contributed by atoms with Gasteiger partial charge in [0, 0.05) is 44.3 Å². The minimum Gasteiger partial charge on any atom is -0.382 e. The first-order valence-corrected chi connectivity index (χ1v) is 7.22. The summed E-state index contributed by atoms with van der Waals surface area (Å²) in [6.45, 7) is 5.99. The summed E-state index contributed by atoms with van der Waals surface area (Å²) in [7, 11) is 0. The van der Waals surface area contributed by atoms with Gasteiger partial charge in [0.05, 0.1) is 12.4 Å². The quantitative estimate of drug-likeness (QED) is 0.900. The van der Waals surface area contributed by atoms with E-state index in [1.807, 2.05) is 12.4 Å². The molecule has 0 aliphatic carbocycles. The highest BCUT2D eigenvalue weighted by molar-refractivity contribution is 5.52. The molecular formula is C15H20N6. The molecule has 0 unspecified atom stereocenters. The van der Waals surface area contributed by atoms with Crippen molar-refractivity contribution in [3.05, 3.63) is 36.4 Å². The number of hydrogen-bond acceptors (Lipinski definition) is 6. The fraction of sp³-hybridized carbons (Fsp3) is 0.400. The molecule has 6 heteroatoms. The Morgan fingerprint density at radius 2 is 1.81 bits per heavy atom. The van der Waals surface area contributed by atoms with E-state index in [0.717, 1.165) is 38.4 Å². The monoisotopic (exact) mass is 284 g/mol. The van der Waals surface area contributed by atoms with Crippen molar-refractivity contribution < 1.29 is 0 Å². The summed E-state index contributed by atoms with van der Waals surface area (Å²) in [5.74, 6) is 1.34. The molecule has 1 aliphatic rings. The van der Waals surface area contributed by atoms with E-state index in [9.17, 15) is 0 Å². The maximum absolute atomic E-state index is 5.72. The molecule has 2 aromatic rings. The Morgan fingerprint density at radius 3 is 2.62 bits per heavy atom. The van der Waals surface area contributed by atoms with Crippen molar-refractivity contribution in [1.82, 2.24) is 15.0 Å². The molecule has 0 aromatic carbocycles. The molecule has 3 heterocycles. The first kappa shape index (κ1) is 13.6. The van der Waals surface area contributed by atoms with Crippen LogP contribution in [0.25, 0.3) is 0 Å². The minimum absolute atomic E-state index is 0.471. The predicted octanol–water partition coefficient (Wildman–Crippen LogP) is 1.48. The van der Waals surface area contributed by atoms with E-state index in [-0.39, 0.29) is 0 Å². The van der Waals surface area contributed by atoms with E-state index < -0.39 is 0 Å². The van der Waals surface area contributed by atoms with Crippen molar-refractivity contribution in [3.63, 3.8) is 0 Å². The Hall–Kier alpha value is -2.37. The average Bonchev–Trinajstić information content (AvgIpc) is 2.74. The summed E-state index contributed by atoms with van der Waals surface area (Å²) in [5.41, 5.74) is 8.21. The number of aryl methyl sites for hydroxylation is 1. The topological polar surface area (TPSA) is 71.2 Å². The first-order chi connectivity index (χ1) is 10.2. The van der Waals surface area contributed by atoms with Gasteiger partial charge in [-0.3, -0.25) is 9.97 Å². The summed E-state index contributed by atoms with van der Waals surface area (Å²) < 4.78 is 0. The Balaban J connectivity index is 1.74. The number of hydrogen-bond donors (Lipinski definition) is 1. The SMILES string of the molecule is Cc1cnccc1N1CCCN(c2cncc(N)n2)CC1. The van der Waals surface area contributed by atoms with Gasteiger partial charge < -0.3 is 15.5 Å². The average molecular weight is 284 g/mol. The molecule has 2 aromatic heterocycles. The number of nitrogen functional groups attached to an aromatic ring is 1. The normalized spacial score (nSPS) is 15.9. The van der Waals surface area contributed by atoms with Crippen molar-refractivity contribution in [2.75, 3.05) is 41.7 Å². The molecule has 1 fully saturated rings. The largest absolute Gasteiger partial charge is 0.382 e. The van der Waals surface area contributed by atoms with E-state index in [4.69, 9.17) is 5.73 Å². The van der Waals surface area contributed by atoms with E-state index in [0.29, 0.717) is 5.82 Å². The van der Waals surface area contributed by atoms with Gasteiger partial charge in [0.15, 0.2) is 0 Å². The lowest BCUT2D eigenvalue weighted by Gasteiger charge is -2.25. The third-order valence-corrected chi connectivity index (χ3v) is 3.79. The molecule has 0 bridgehead atoms. The summed E-state index contributed by atoms with van der Waals surface area (Å²) in [4.78, 5) is 17.3. The van der Waals surface area contributed by atoms with E-state index in [1.165, 1.54) is 11.3 Å². The smallest absolute Gasteiger partial charge is 0.149 e. The van der Waals surface area contributed by atoms with E-state index >= 15 is 0 Å². The zero-order valence-corrected chi connectivity index (χ0v) is 12.2. The lowest BCUT2D eigenvalue weighted by molar-refractivity contribution is 0.795. The fourth-order valence-corrected chi connectivity index (χ4v) is 2.73. The Labute approximate surface area is 124 Å². The molecule has 0 spiro atoms. The highest BCUT2D eigenvalue weighted by Crippen LogP contribution is 2.21. The Bertz CT molecular complexity index is 615. The van der Waals surface area contributed by atoms with Gasteiger partial charge in [0.25, 0.3) is 0 Å². The number of rotatable bonds is 2. The van der Waals surface area contributed by atoms with Gasteiger partial charge in [0.2, 0.25) is 0 Å². The summed E-state index contributed by atoms with van der Waals surface area (Å²) in [6, 6.07) is 2.09. The Morgan fingerprint density at radius 1 is 1.00 bits per heavy atom. The van der Waals surface area contributed by atoms with Crippen LogP contribution < -0.4 is 15.5 Å². The van der Waals surface area contributed by atoms with Gasteiger partial charge in [-0.25, -0.2) is 4.98 Å². The lowest BCUT2D eigenvalue weighted by Crippen LogP contribution is -2.31. The van der Waals surface area contributed by atoms with Crippen LogP contribution in [0.5, 0.6) is 0 Å². The van der Waals surface area contributed by atoms with Gasteiger partial charge >= 0.3 is 0 Å². The van der Waals surface area contributed by atoms with Crippen LogP contribution in [0.15, 0.2) is 30.9 Å². The van der Waals surface area contributed by atoms with Crippen LogP contribution in [0, 0.1) is 6.92 Å². The summed E-state index contributed by atoms with van der Waals surface area (Å²) >= 11 is 0. The third-order valence-electron chi connectivity index (χ3n) is 3.79. The van der Waals surface area contributed by atoms with Crippen LogP contribution in [-0.4, -0.2) is 41.1 Å². The maximum Gasteiger partial charge on any atom is 0.149 e. The zero-order valence-electron chi connectivity index (χ0n) is 12.2. The molecule has 1 aliphatic heterocycles. The number of pyridine rings is 1. The van der Waals surface area contributed by atoms with Crippen LogP contribution in [-0.2, 0) is 0 Å². The van der Waals surface area contributed by atoms with Crippen LogP contribution >= 0.6 is 0 Å². The second-order valence-corrected chi connectivity index (χ2v) is 5.29. The molecule has 6 nitrogen and oxygen atoms in total. The van der Waals surface area contributed by atoms with Gasteiger partial charge in [0.1, 0.15) is 11.6 Å². The van der Waals surface area contributed by atoms with Crippen LogP contribution in [0.2, 0.25) is 0 Å². The second-order valence-electron chi connectivity index (χ2n) is 5.29. The van der Waals surface area contributed by atoms with E-state index in [2.05, 4.69) is 37.7 Å². The lowest BCUT2D eigenvalue weighted by atomic mass is 10.2. The standard InChI is InChI=1S/C15H20N6/c1-12-9-17-4-3-13(12)20-5-2-6-21(8-7-20)15-11-18-10-14(16)19-15/h3-4,9-11H,2,5-8H2,1H3,(H2,16,19). The van der Waals surface area contributed by atoms with Crippen LogP contribution in [0.4, 0.5) is 17.3 Å². The highest BCUT2D eigenvalue weighted by Gasteiger charge is 2.17. The van der Waals surface area contributed by atoms with Crippen LogP contribution in [0.3, 0.4) is 0 Å². The molecule has 0 saturated carbocycles. The third kappa shape index (κ3) is 3.04. The van der Waals surface area contributed by atoms with Crippen molar-refractivity contribution in [1.29, 1.82) is 0 Å². The summed E-state index contributed by atoms with van der Waals surface area (Å²) in [5, 5.41) is 0. The van der Waals surface area contributed by atoms with Gasteiger partial charge in [-0.05, 0) is 25.0 Å². The maximum atomic E-state index is 5.72. The molecular weight excluding hydrogens is 264 g/mol. The van der Waals surface area contributed by atoms with Crippen molar-refractivity contribution in [2.24, 2.45) is 0 Å². The molecule has 0 atom stereocenters. The summed E-state index contributed by atoms with van der Waals surface area (Å²) in [6.07, 6.45) is 8.21. The molecule has 0 radical (unpaired) electrons.